The second kappa shape index (κ2) is 9.99. The van der Waals surface area contributed by atoms with E-state index in [4.69, 9.17) is 9.15 Å². The number of carbonyl (C=O) groups is 1. The van der Waals surface area contributed by atoms with Crippen LogP contribution in [-0.2, 0) is 4.74 Å². The summed E-state index contributed by atoms with van der Waals surface area (Å²) in [7, 11) is 1.80. The van der Waals surface area contributed by atoms with Crippen LogP contribution in [0.4, 0.5) is 0 Å². The van der Waals surface area contributed by atoms with Gasteiger partial charge in [0, 0.05) is 0 Å². The molecule has 1 aromatic carbocycles. The molecule has 182 valence electrons. The Kier molecular flexibility index (Phi) is 7.00. The predicted octanol–water partition coefficient (Wildman–Crippen LogP) is 5.79. The normalized spacial score (nSPS) is 27.9. The number of carbonyl (C=O) groups excluding carboxylic acids is 1. The summed E-state index contributed by atoms with van der Waals surface area (Å²) in [6.45, 7) is 7.49. The molecule has 2 fully saturated rings. The fraction of sp³-hybridized carbons (Fsp3) is 0.464. The Labute approximate surface area is 210 Å². The summed E-state index contributed by atoms with van der Waals surface area (Å²) >= 11 is -1.26. The van der Waals surface area contributed by atoms with Gasteiger partial charge in [0.15, 0.2) is 0 Å². The molecule has 1 amide bonds. The molecular weight excluding hydrogens is 539 g/mol. The van der Waals surface area contributed by atoms with E-state index < -0.39 is 20.1 Å². The Balaban J connectivity index is 1.23. The number of ether oxygens (including phenoxy) is 1. The van der Waals surface area contributed by atoms with Crippen molar-refractivity contribution in [2.45, 2.75) is 51.8 Å². The van der Waals surface area contributed by atoms with Crippen LogP contribution < -0.4 is 5.32 Å². The van der Waals surface area contributed by atoms with E-state index in [1.165, 1.54) is 26.4 Å². The average molecular weight is 575 g/mol. The van der Waals surface area contributed by atoms with Gasteiger partial charge in [0.05, 0.1) is 0 Å². The van der Waals surface area contributed by atoms with Crippen molar-refractivity contribution in [3.8, 4) is 11.3 Å². The molecule has 5 rings (SSSR count). The first-order chi connectivity index (χ1) is 16.4. The van der Waals surface area contributed by atoms with E-state index in [2.05, 4.69) is 34.4 Å². The van der Waals surface area contributed by atoms with Crippen molar-refractivity contribution in [1.29, 1.82) is 0 Å². The molecule has 3 unspecified atom stereocenters. The van der Waals surface area contributed by atoms with Gasteiger partial charge in [-0.15, -0.1) is 0 Å². The Bertz CT molecular complexity index is 1090. The zero-order chi connectivity index (χ0) is 23.8. The van der Waals surface area contributed by atoms with Gasteiger partial charge in [-0.3, -0.25) is 0 Å². The van der Waals surface area contributed by atoms with Crippen molar-refractivity contribution in [3.05, 3.63) is 71.0 Å². The van der Waals surface area contributed by atoms with Crippen LogP contribution in [0, 0.1) is 12.8 Å². The summed E-state index contributed by atoms with van der Waals surface area (Å²) < 4.78 is 16.9. The Morgan fingerprint density at radius 1 is 1.26 bits per heavy atom. The minimum absolute atomic E-state index is 0.00607. The van der Waals surface area contributed by atoms with E-state index in [1.54, 1.807) is 7.11 Å². The molecule has 0 radical (unpaired) electrons. The van der Waals surface area contributed by atoms with Crippen molar-refractivity contribution < 1.29 is 13.9 Å². The molecule has 2 bridgehead atoms. The fourth-order valence-electron chi connectivity index (χ4n) is 5.40. The van der Waals surface area contributed by atoms with Gasteiger partial charge in [0.1, 0.15) is 0 Å². The van der Waals surface area contributed by atoms with Crippen molar-refractivity contribution in [3.63, 3.8) is 0 Å². The first kappa shape index (κ1) is 23.8. The molecule has 0 spiro atoms. The number of amides is 1. The molecule has 2 aromatic rings. The molecule has 1 aliphatic carbocycles. The fourth-order valence-corrected chi connectivity index (χ4v) is 12.7. The molecular formula is C28H35IN2O3. The van der Waals surface area contributed by atoms with Gasteiger partial charge in [-0.2, -0.15) is 0 Å². The average Bonchev–Trinajstić information content (AvgIpc) is 3.33. The molecule has 2 saturated heterocycles. The second-order valence-corrected chi connectivity index (χ2v) is 15.3. The summed E-state index contributed by atoms with van der Waals surface area (Å²) in [6.07, 6.45) is 7.04. The molecule has 0 saturated carbocycles. The monoisotopic (exact) mass is 574 g/mol. The third kappa shape index (κ3) is 4.64. The number of methoxy groups -OCH3 is 1. The Morgan fingerprint density at radius 3 is 2.79 bits per heavy atom. The SMILES string of the molecule is COC1C=CC(CN2C3CCI2C[C@@H](NC(=O)c2cc(-c4ccccc4)oc2C)C3)=C(C)C1C. The van der Waals surface area contributed by atoms with E-state index in [1.807, 2.05) is 43.3 Å². The van der Waals surface area contributed by atoms with Crippen LogP contribution in [0.5, 0.6) is 0 Å². The number of furan rings is 1. The van der Waals surface area contributed by atoms with Crippen LogP contribution >= 0.6 is 20.1 Å². The summed E-state index contributed by atoms with van der Waals surface area (Å²) in [5, 5.41) is 3.37. The standard InChI is InChI=1S/C28H35IN2O3/c1-18-19(2)26(33-4)11-10-22(18)17-31-24-12-13-29(31)16-23(14-24)30-28(32)25-15-27(34-20(25)3)21-8-6-5-7-9-21/h5-11,15,19,23-24,26H,12-14,16-17H2,1-4H3,(H,30,32)/t19?,23-,24?,26?/m0/s1. The number of nitrogens with one attached hydrogen (secondary N) is 1. The maximum absolute atomic E-state index is 13.2. The summed E-state index contributed by atoms with van der Waals surface area (Å²) in [5.74, 6) is 1.88. The van der Waals surface area contributed by atoms with Crippen molar-refractivity contribution in [1.82, 2.24) is 8.43 Å². The molecule has 6 heteroatoms. The predicted molar refractivity (Wildman–Crippen MR) is 145 cm³/mol. The van der Waals surface area contributed by atoms with Crippen LogP contribution in [0.2, 0.25) is 0 Å². The van der Waals surface area contributed by atoms with E-state index in [0.717, 1.165) is 24.3 Å². The number of fused-ring (bicyclic) bond motifs is 2. The van der Waals surface area contributed by atoms with Gasteiger partial charge in [0.25, 0.3) is 0 Å². The molecule has 3 heterocycles. The quantitative estimate of drug-likeness (QED) is 0.270. The summed E-state index contributed by atoms with van der Waals surface area (Å²) in [4.78, 5) is 13.2. The van der Waals surface area contributed by atoms with E-state index >= 15 is 0 Å². The number of halogens is 1. The molecule has 1 aromatic heterocycles. The minimum atomic E-state index is -1.26. The molecule has 3 aliphatic rings. The molecule has 2 aliphatic heterocycles. The van der Waals surface area contributed by atoms with Crippen LogP contribution in [0.3, 0.4) is 0 Å². The van der Waals surface area contributed by atoms with Crippen molar-refractivity contribution >= 4 is 26.0 Å². The zero-order valence-electron chi connectivity index (χ0n) is 20.5. The number of hydrogen-bond acceptors (Lipinski definition) is 4. The number of nitrogens with zero attached hydrogens (tertiary/aromatic N) is 1. The van der Waals surface area contributed by atoms with E-state index in [0.29, 0.717) is 23.3 Å². The molecule has 1 N–H and O–H groups in total. The van der Waals surface area contributed by atoms with Gasteiger partial charge in [0.2, 0.25) is 0 Å². The third-order valence-corrected chi connectivity index (χ3v) is 14.4. The van der Waals surface area contributed by atoms with E-state index in [-0.39, 0.29) is 18.1 Å². The van der Waals surface area contributed by atoms with Crippen molar-refractivity contribution in [2.75, 3.05) is 22.5 Å². The Morgan fingerprint density at radius 2 is 2.06 bits per heavy atom. The summed E-state index contributed by atoms with van der Waals surface area (Å²) in [5.41, 5.74) is 4.59. The second-order valence-electron chi connectivity index (χ2n) is 9.68. The summed E-state index contributed by atoms with van der Waals surface area (Å²) in [6, 6.07) is 12.7. The van der Waals surface area contributed by atoms with Crippen LogP contribution in [0.15, 0.2) is 64.1 Å². The van der Waals surface area contributed by atoms with Crippen LogP contribution in [0.1, 0.15) is 42.8 Å². The maximum atomic E-state index is 13.2. The van der Waals surface area contributed by atoms with Crippen LogP contribution in [0.25, 0.3) is 11.3 Å². The Hall–Kier alpha value is -1.90. The number of benzene rings is 1. The topological polar surface area (TPSA) is 54.7 Å². The van der Waals surface area contributed by atoms with Crippen molar-refractivity contribution in [2.24, 2.45) is 5.92 Å². The van der Waals surface area contributed by atoms with Gasteiger partial charge in [-0.05, 0) is 0 Å². The first-order valence-corrected chi connectivity index (χ1v) is 16.2. The number of rotatable bonds is 6. The molecule has 4 atom stereocenters. The number of alkyl halides is 2. The van der Waals surface area contributed by atoms with Gasteiger partial charge in [-0.25, -0.2) is 0 Å². The van der Waals surface area contributed by atoms with Gasteiger partial charge >= 0.3 is 211 Å². The number of hydrogen-bond donors (Lipinski definition) is 1. The first-order valence-electron chi connectivity index (χ1n) is 12.2. The van der Waals surface area contributed by atoms with E-state index in [9.17, 15) is 4.79 Å². The zero-order valence-corrected chi connectivity index (χ0v) is 22.7. The van der Waals surface area contributed by atoms with Gasteiger partial charge in [-0.1, -0.05) is 0 Å². The van der Waals surface area contributed by atoms with Gasteiger partial charge < -0.3 is 0 Å². The third-order valence-electron chi connectivity index (χ3n) is 7.60. The number of aryl methyl sites for hydroxylation is 1. The molecule has 5 nitrogen and oxygen atoms in total. The van der Waals surface area contributed by atoms with Crippen LogP contribution in [-0.4, -0.2) is 49.7 Å². The molecule has 34 heavy (non-hydrogen) atoms.